The summed E-state index contributed by atoms with van der Waals surface area (Å²) in [4.78, 5) is 41.8. The number of benzene rings is 2. The third-order valence-corrected chi connectivity index (χ3v) is 5.17. The van der Waals surface area contributed by atoms with Gasteiger partial charge in [-0.15, -0.1) is 0 Å². The average molecular weight is 465 g/mol. The van der Waals surface area contributed by atoms with E-state index in [0.717, 1.165) is 11.8 Å². The molecule has 2 amide bonds. The van der Waals surface area contributed by atoms with E-state index in [1.165, 1.54) is 4.68 Å². The number of anilines is 1. The third-order valence-electron chi connectivity index (χ3n) is 5.17. The van der Waals surface area contributed by atoms with Gasteiger partial charge in [0.05, 0.1) is 11.4 Å². The number of hydrogen-bond donors (Lipinski definition) is 2. The summed E-state index contributed by atoms with van der Waals surface area (Å²) in [5.74, 6) is 0.213. The van der Waals surface area contributed by atoms with E-state index in [2.05, 4.69) is 15.8 Å². The summed E-state index contributed by atoms with van der Waals surface area (Å²) in [7, 11) is 1.72. The van der Waals surface area contributed by atoms with Crippen LogP contribution in [0.25, 0.3) is 5.69 Å². The Morgan fingerprint density at radius 1 is 1.15 bits per heavy atom. The van der Waals surface area contributed by atoms with Crippen LogP contribution in [0.2, 0.25) is 0 Å². The molecule has 0 spiro atoms. The molecule has 2 heterocycles. The van der Waals surface area contributed by atoms with E-state index < -0.39 is 11.8 Å². The summed E-state index contributed by atoms with van der Waals surface area (Å²) < 4.78 is 13.6. The highest BCUT2D eigenvalue weighted by molar-refractivity contribution is 6.31. The van der Waals surface area contributed by atoms with Crippen molar-refractivity contribution in [1.29, 1.82) is 0 Å². The lowest BCUT2D eigenvalue weighted by molar-refractivity contribution is -0.126. The van der Waals surface area contributed by atoms with Crippen LogP contribution < -0.4 is 25.7 Å². The SMILES string of the molecule is Cc1c(NC(=O)/C=N\OCC(=O)NCc2ccc3c(c2)OCO3)c(=O)n(-c2ccccc2)n1C. The molecular weight excluding hydrogens is 442 g/mol. The van der Waals surface area contributed by atoms with Crippen LogP contribution in [-0.2, 0) is 28.0 Å². The molecule has 2 N–H and O–H groups in total. The first-order valence-corrected chi connectivity index (χ1v) is 10.4. The highest BCUT2D eigenvalue weighted by Gasteiger charge is 2.17. The molecule has 0 unspecified atom stereocenters. The first-order valence-electron chi connectivity index (χ1n) is 10.4. The molecule has 0 saturated carbocycles. The van der Waals surface area contributed by atoms with Crippen molar-refractivity contribution in [3.8, 4) is 17.2 Å². The van der Waals surface area contributed by atoms with Gasteiger partial charge in [0.1, 0.15) is 11.9 Å². The number of fused-ring (bicyclic) bond motifs is 1. The van der Waals surface area contributed by atoms with Crippen LogP contribution in [0.15, 0.2) is 58.5 Å². The first-order chi connectivity index (χ1) is 16.4. The van der Waals surface area contributed by atoms with Gasteiger partial charge in [0.15, 0.2) is 18.1 Å². The lowest BCUT2D eigenvalue weighted by Gasteiger charge is -2.07. The van der Waals surface area contributed by atoms with Crippen LogP contribution in [0.4, 0.5) is 5.69 Å². The minimum atomic E-state index is -0.660. The molecule has 0 atom stereocenters. The Bertz CT molecular complexity index is 1300. The van der Waals surface area contributed by atoms with Crippen molar-refractivity contribution < 1.29 is 23.9 Å². The van der Waals surface area contributed by atoms with Gasteiger partial charge in [0.25, 0.3) is 17.4 Å². The fraction of sp³-hybridized carbons (Fsp3) is 0.217. The van der Waals surface area contributed by atoms with Crippen LogP contribution in [0.5, 0.6) is 11.5 Å². The summed E-state index contributed by atoms with van der Waals surface area (Å²) >= 11 is 0. The second-order valence-electron chi connectivity index (χ2n) is 7.40. The minimum Gasteiger partial charge on any atom is -0.454 e. The van der Waals surface area contributed by atoms with E-state index in [1.54, 1.807) is 42.9 Å². The quantitative estimate of drug-likeness (QED) is 0.383. The van der Waals surface area contributed by atoms with E-state index in [9.17, 15) is 14.4 Å². The first kappa shape index (κ1) is 22.6. The second kappa shape index (κ2) is 9.94. The van der Waals surface area contributed by atoms with E-state index >= 15 is 0 Å². The number of oxime groups is 1. The molecule has 2 aromatic carbocycles. The van der Waals surface area contributed by atoms with Gasteiger partial charge in [-0.05, 0) is 36.8 Å². The summed E-state index contributed by atoms with van der Waals surface area (Å²) in [6.07, 6.45) is 0.865. The zero-order chi connectivity index (χ0) is 24.1. The Hall–Kier alpha value is -4.54. The Kier molecular flexibility index (Phi) is 6.62. The number of para-hydroxylation sites is 1. The molecule has 11 heteroatoms. The van der Waals surface area contributed by atoms with Crippen LogP contribution in [0.3, 0.4) is 0 Å². The summed E-state index contributed by atoms with van der Waals surface area (Å²) in [5.41, 5.74) is 1.82. The standard InChI is InChI=1S/C23H23N5O6/c1-15-22(23(31)28(27(15)2)17-6-4-3-5-7-17)26-20(29)12-25-34-13-21(30)24-11-16-8-9-18-19(10-16)33-14-32-18/h3-10,12H,11,13-14H2,1-2H3,(H,24,30)(H,26,29)/b25-12-. The highest BCUT2D eigenvalue weighted by Crippen LogP contribution is 2.32. The topological polar surface area (TPSA) is 125 Å². The van der Waals surface area contributed by atoms with Crippen molar-refractivity contribution in [3.63, 3.8) is 0 Å². The summed E-state index contributed by atoms with van der Waals surface area (Å²) in [5, 5.41) is 8.70. The molecule has 3 aromatic rings. The summed E-state index contributed by atoms with van der Waals surface area (Å²) in [6, 6.07) is 14.4. The zero-order valence-corrected chi connectivity index (χ0v) is 18.6. The number of hydrogen-bond acceptors (Lipinski definition) is 7. The number of carbonyl (C=O) groups is 2. The Morgan fingerprint density at radius 2 is 1.91 bits per heavy atom. The van der Waals surface area contributed by atoms with Gasteiger partial charge in [-0.1, -0.05) is 29.4 Å². The largest absolute Gasteiger partial charge is 0.454 e. The van der Waals surface area contributed by atoms with Gasteiger partial charge < -0.3 is 24.9 Å². The number of rotatable bonds is 8. The number of nitrogens with zero attached hydrogens (tertiary/aromatic N) is 3. The van der Waals surface area contributed by atoms with Crippen LogP contribution >= 0.6 is 0 Å². The average Bonchev–Trinajstić information content (AvgIpc) is 3.39. The van der Waals surface area contributed by atoms with E-state index in [1.807, 2.05) is 24.3 Å². The van der Waals surface area contributed by atoms with Crippen molar-refractivity contribution in [2.45, 2.75) is 13.5 Å². The molecule has 4 rings (SSSR count). The van der Waals surface area contributed by atoms with Crippen molar-refractivity contribution in [2.24, 2.45) is 12.2 Å². The van der Waals surface area contributed by atoms with Gasteiger partial charge in [-0.3, -0.25) is 19.1 Å². The molecule has 1 aliphatic rings. The molecule has 0 bridgehead atoms. The van der Waals surface area contributed by atoms with Gasteiger partial charge >= 0.3 is 0 Å². The summed E-state index contributed by atoms with van der Waals surface area (Å²) in [6.45, 7) is 1.79. The highest BCUT2D eigenvalue weighted by atomic mass is 16.7. The molecule has 0 saturated heterocycles. The van der Waals surface area contributed by atoms with E-state index in [4.69, 9.17) is 14.3 Å². The maximum atomic E-state index is 12.8. The van der Waals surface area contributed by atoms with Gasteiger partial charge in [-0.25, -0.2) is 4.68 Å². The third kappa shape index (κ3) is 4.93. The van der Waals surface area contributed by atoms with Crippen LogP contribution in [0, 0.1) is 6.92 Å². The lowest BCUT2D eigenvalue weighted by Crippen LogP contribution is -2.26. The molecule has 0 fully saturated rings. The Balaban J connectivity index is 1.27. The number of aromatic nitrogens is 2. The number of carbonyl (C=O) groups excluding carboxylic acids is 2. The van der Waals surface area contributed by atoms with Crippen molar-refractivity contribution in [3.05, 3.63) is 70.1 Å². The molecule has 34 heavy (non-hydrogen) atoms. The number of ether oxygens (including phenoxy) is 2. The molecule has 1 aromatic heterocycles. The Labute approximate surface area is 194 Å². The van der Waals surface area contributed by atoms with Gasteiger partial charge in [-0.2, -0.15) is 0 Å². The van der Waals surface area contributed by atoms with Crippen molar-refractivity contribution in [1.82, 2.24) is 14.7 Å². The molecular formula is C23H23N5O6. The normalized spacial score (nSPS) is 12.1. The molecule has 1 aliphatic heterocycles. The zero-order valence-electron chi connectivity index (χ0n) is 18.6. The molecule has 11 nitrogen and oxygen atoms in total. The van der Waals surface area contributed by atoms with E-state index in [-0.39, 0.29) is 31.2 Å². The minimum absolute atomic E-state index is 0.129. The van der Waals surface area contributed by atoms with Crippen molar-refractivity contribution in [2.75, 3.05) is 18.7 Å². The lowest BCUT2D eigenvalue weighted by atomic mass is 10.2. The Morgan fingerprint density at radius 3 is 2.71 bits per heavy atom. The molecule has 0 aliphatic carbocycles. The molecule has 0 radical (unpaired) electrons. The molecule has 176 valence electrons. The van der Waals surface area contributed by atoms with Gasteiger partial charge in [0.2, 0.25) is 6.79 Å². The maximum absolute atomic E-state index is 12.8. The predicted molar refractivity (Wildman–Crippen MR) is 123 cm³/mol. The second-order valence-corrected chi connectivity index (χ2v) is 7.40. The smallest absolute Gasteiger partial charge is 0.295 e. The maximum Gasteiger partial charge on any atom is 0.295 e. The van der Waals surface area contributed by atoms with Crippen LogP contribution in [-0.4, -0.2) is 40.8 Å². The number of amides is 2. The van der Waals surface area contributed by atoms with Crippen LogP contribution in [0.1, 0.15) is 11.3 Å². The van der Waals surface area contributed by atoms with Crippen molar-refractivity contribution >= 4 is 23.7 Å². The van der Waals surface area contributed by atoms with Gasteiger partial charge in [0, 0.05) is 13.6 Å². The fourth-order valence-electron chi connectivity index (χ4n) is 3.35. The fourth-order valence-corrected chi connectivity index (χ4v) is 3.35. The number of nitrogens with one attached hydrogen (secondary N) is 2. The predicted octanol–water partition coefficient (Wildman–Crippen LogP) is 1.47. The van der Waals surface area contributed by atoms with E-state index in [0.29, 0.717) is 22.9 Å². The monoisotopic (exact) mass is 465 g/mol.